The number of rotatable bonds is 8. The number of hydrogen-bond acceptors (Lipinski definition) is 5. The summed E-state index contributed by atoms with van der Waals surface area (Å²) in [6.07, 6.45) is 3.14. The number of hydrogen-bond donors (Lipinski definition) is 0. The number of isothiocyanates is 1. The molecule has 10 heteroatoms. The first-order chi connectivity index (χ1) is 14.2. The van der Waals surface area contributed by atoms with Gasteiger partial charge in [-0.05, 0) is 24.3 Å². The molecule has 0 bridgehead atoms. The molecule has 0 spiro atoms. The van der Waals surface area contributed by atoms with Crippen LogP contribution in [0.5, 0.6) is 11.5 Å². The van der Waals surface area contributed by atoms with Crippen LogP contribution in [-0.4, -0.2) is 29.4 Å². The summed E-state index contributed by atoms with van der Waals surface area (Å²) in [5.74, 6) is -2.24. The van der Waals surface area contributed by atoms with E-state index < -0.39 is 25.5 Å². The van der Waals surface area contributed by atoms with Crippen LogP contribution in [0, 0.1) is 11.6 Å². The Morgan fingerprint density at radius 3 is 2.60 bits per heavy atom. The maximum absolute atomic E-state index is 14.4. The predicted molar refractivity (Wildman–Crippen MR) is 120 cm³/mol. The lowest BCUT2D eigenvalue weighted by molar-refractivity contribution is 0.0899. The molecule has 0 saturated carbocycles. The van der Waals surface area contributed by atoms with E-state index in [4.69, 9.17) is 21.1 Å². The fourth-order valence-corrected chi connectivity index (χ4v) is 3.89. The molecule has 0 radical (unpaired) electrons. The molecular weight excluding hydrogens is 448 g/mol. The largest absolute Gasteiger partial charge is 0.450 e. The van der Waals surface area contributed by atoms with Crippen molar-refractivity contribution in [2.45, 2.75) is 32.4 Å². The maximum atomic E-state index is 14.4. The van der Waals surface area contributed by atoms with Crippen molar-refractivity contribution in [2.24, 2.45) is 4.99 Å². The van der Waals surface area contributed by atoms with Crippen molar-refractivity contribution in [2.75, 3.05) is 6.61 Å². The Kier molecular flexibility index (Phi) is 7.00. The Labute approximate surface area is 184 Å². The number of thiocarbonyl (C=S) groups is 1. The quantitative estimate of drug-likeness (QED) is 0.158. The smallest absolute Gasteiger partial charge is 0.198 e. The van der Waals surface area contributed by atoms with Crippen molar-refractivity contribution in [1.82, 2.24) is 9.55 Å². The zero-order valence-electron chi connectivity index (χ0n) is 16.7. The van der Waals surface area contributed by atoms with Gasteiger partial charge < -0.3 is 14.0 Å². The minimum absolute atomic E-state index is 0.00637. The first-order valence-corrected chi connectivity index (χ1v) is 13.6. The van der Waals surface area contributed by atoms with Gasteiger partial charge in [-0.3, -0.25) is 0 Å². The van der Waals surface area contributed by atoms with Gasteiger partial charge in [0.2, 0.25) is 0 Å². The molecule has 2 aromatic heterocycles. The molecule has 2 heterocycles. The molecule has 158 valence electrons. The highest BCUT2D eigenvalue weighted by Crippen LogP contribution is 2.37. The van der Waals surface area contributed by atoms with E-state index >= 15 is 0 Å². The summed E-state index contributed by atoms with van der Waals surface area (Å²) in [4.78, 5) is 7.90. The fourth-order valence-electron chi connectivity index (χ4n) is 2.73. The van der Waals surface area contributed by atoms with Crippen LogP contribution in [-0.2, 0) is 11.5 Å². The van der Waals surface area contributed by atoms with Crippen molar-refractivity contribution < 1.29 is 18.3 Å². The number of ether oxygens (including phenoxy) is 2. The third kappa shape index (κ3) is 5.30. The molecule has 1 aromatic carbocycles. The van der Waals surface area contributed by atoms with Crippen LogP contribution in [0.25, 0.3) is 11.0 Å². The first-order valence-electron chi connectivity index (χ1n) is 9.15. The van der Waals surface area contributed by atoms with Gasteiger partial charge in [0, 0.05) is 39.2 Å². The Morgan fingerprint density at radius 2 is 1.97 bits per heavy atom. The molecule has 0 N–H and O–H groups in total. The predicted octanol–water partition coefficient (Wildman–Crippen LogP) is 6.81. The van der Waals surface area contributed by atoms with Gasteiger partial charge in [-0.1, -0.05) is 31.2 Å². The third-order valence-corrected chi connectivity index (χ3v) is 6.35. The zero-order valence-corrected chi connectivity index (χ0v) is 19.3. The Bertz CT molecular complexity index is 1100. The fraction of sp³-hybridized carbons (Fsp3) is 0.300. The number of benzene rings is 1. The summed E-state index contributed by atoms with van der Waals surface area (Å²) < 4.78 is 41.8. The van der Waals surface area contributed by atoms with E-state index in [0.29, 0.717) is 22.7 Å². The normalized spacial score (nSPS) is 11.5. The molecule has 0 aliphatic rings. The van der Waals surface area contributed by atoms with Crippen molar-refractivity contribution in [3.05, 3.63) is 47.2 Å². The van der Waals surface area contributed by atoms with Gasteiger partial charge >= 0.3 is 0 Å². The van der Waals surface area contributed by atoms with E-state index in [0.717, 1.165) is 18.2 Å². The van der Waals surface area contributed by atoms with Crippen molar-refractivity contribution in [3.63, 3.8) is 0 Å². The highest BCUT2D eigenvalue weighted by atomic mass is 35.5. The van der Waals surface area contributed by atoms with Crippen LogP contribution in [0.15, 0.2) is 35.6 Å². The second-order valence-corrected chi connectivity index (χ2v) is 14.1. The number of fused-ring (bicyclic) bond motifs is 1. The molecule has 0 aliphatic carbocycles. The SMILES string of the molecule is C[Si](C)(C)CCOCn1cc(Cl)c2c(Oc3c(F)cc(N=C=S)cc3F)ccnc21. The van der Waals surface area contributed by atoms with E-state index in [1.54, 1.807) is 10.8 Å². The van der Waals surface area contributed by atoms with Gasteiger partial charge in [0.05, 0.1) is 21.3 Å². The van der Waals surface area contributed by atoms with E-state index in [-0.39, 0.29) is 18.2 Å². The van der Waals surface area contributed by atoms with E-state index in [2.05, 4.69) is 47.0 Å². The minimum atomic E-state index is -1.20. The molecule has 30 heavy (non-hydrogen) atoms. The summed E-state index contributed by atoms with van der Waals surface area (Å²) in [5.41, 5.74) is 0.500. The highest BCUT2D eigenvalue weighted by Gasteiger charge is 2.19. The molecule has 0 amide bonds. The Morgan fingerprint density at radius 1 is 1.27 bits per heavy atom. The number of nitrogens with zero attached hydrogens (tertiary/aromatic N) is 3. The van der Waals surface area contributed by atoms with Gasteiger partial charge in [-0.15, -0.1) is 0 Å². The number of aliphatic imine (C=N–C) groups is 1. The average molecular weight is 468 g/mol. The number of halogens is 3. The molecule has 3 rings (SSSR count). The second-order valence-electron chi connectivity index (χ2n) is 7.85. The van der Waals surface area contributed by atoms with E-state index in [1.165, 1.54) is 12.3 Å². The summed E-state index contributed by atoms with van der Waals surface area (Å²) >= 11 is 10.8. The summed E-state index contributed by atoms with van der Waals surface area (Å²) in [5, 5.41) is 2.84. The average Bonchev–Trinajstić information content (AvgIpc) is 2.98. The standard InChI is InChI=1S/C20H20ClF2N3O2SSi/c1-30(2,3)7-6-27-12-26-10-14(21)18-17(4-5-24-20(18)26)28-19-15(22)8-13(25-11-29)9-16(19)23/h4-5,8-10H,6-7,12H2,1-3H3. The topological polar surface area (TPSA) is 48.6 Å². The lowest BCUT2D eigenvalue weighted by atomic mass is 10.2. The number of aromatic nitrogens is 2. The van der Waals surface area contributed by atoms with Crippen LogP contribution in [0.3, 0.4) is 0 Å². The minimum Gasteiger partial charge on any atom is -0.450 e. The lowest BCUT2D eigenvalue weighted by Crippen LogP contribution is -2.22. The molecule has 5 nitrogen and oxygen atoms in total. The monoisotopic (exact) mass is 467 g/mol. The van der Waals surface area contributed by atoms with Crippen LogP contribution < -0.4 is 4.74 Å². The van der Waals surface area contributed by atoms with Crippen LogP contribution in [0.4, 0.5) is 14.5 Å². The molecule has 0 atom stereocenters. The Hall–Kier alpha value is -2.16. The van der Waals surface area contributed by atoms with E-state index in [1.807, 2.05) is 0 Å². The molecule has 0 aliphatic heterocycles. The van der Waals surface area contributed by atoms with Crippen molar-refractivity contribution in [3.8, 4) is 11.5 Å². The summed E-state index contributed by atoms with van der Waals surface area (Å²) in [6.45, 7) is 7.72. The maximum Gasteiger partial charge on any atom is 0.198 e. The van der Waals surface area contributed by atoms with Gasteiger partial charge in [0.25, 0.3) is 0 Å². The van der Waals surface area contributed by atoms with Crippen LogP contribution >= 0.6 is 23.8 Å². The summed E-state index contributed by atoms with van der Waals surface area (Å²) in [6, 6.07) is 4.54. The van der Waals surface area contributed by atoms with Gasteiger partial charge in [0.15, 0.2) is 17.4 Å². The van der Waals surface area contributed by atoms with E-state index in [9.17, 15) is 8.78 Å². The van der Waals surface area contributed by atoms with Gasteiger partial charge in [0.1, 0.15) is 18.1 Å². The molecule has 0 saturated heterocycles. The van der Waals surface area contributed by atoms with Crippen LogP contribution in [0.2, 0.25) is 30.7 Å². The molecule has 0 fully saturated rings. The molecule has 3 aromatic rings. The number of pyridine rings is 1. The van der Waals surface area contributed by atoms with Gasteiger partial charge in [-0.2, -0.15) is 4.99 Å². The van der Waals surface area contributed by atoms with Crippen LogP contribution in [0.1, 0.15) is 0 Å². The highest BCUT2D eigenvalue weighted by molar-refractivity contribution is 7.78. The second kappa shape index (κ2) is 9.32. The Balaban J connectivity index is 1.88. The molecular formula is C20H20ClF2N3O2SSi. The summed E-state index contributed by atoms with van der Waals surface area (Å²) in [7, 11) is -1.20. The van der Waals surface area contributed by atoms with Crippen molar-refractivity contribution in [1.29, 1.82) is 0 Å². The molecule has 0 unspecified atom stereocenters. The zero-order chi connectivity index (χ0) is 21.9. The third-order valence-electron chi connectivity index (χ3n) is 4.27. The van der Waals surface area contributed by atoms with Gasteiger partial charge in [-0.25, -0.2) is 13.8 Å². The van der Waals surface area contributed by atoms with Crippen molar-refractivity contribution >= 4 is 53.8 Å². The first kappa shape index (κ1) is 22.5. The lowest BCUT2D eigenvalue weighted by Gasteiger charge is -2.15.